The van der Waals surface area contributed by atoms with Crippen molar-refractivity contribution in [3.63, 3.8) is 0 Å². The summed E-state index contributed by atoms with van der Waals surface area (Å²) in [5.41, 5.74) is 0.676. The minimum absolute atomic E-state index is 0.515. The van der Waals surface area contributed by atoms with Crippen molar-refractivity contribution in [1.29, 1.82) is 5.26 Å². The van der Waals surface area contributed by atoms with E-state index in [2.05, 4.69) is 17.5 Å². The van der Waals surface area contributed by atoms with Gasteiger partial charge in [-0.3, -0.25) is 4.90 Å². The van der Waals surface area contributed by atoms with E-state index in [1.165, 1.54) is 25.7 Å². The number of hydrogen-bond donors (Lipinski definition) is 0. The van der Waals surface area contributed by atoms with Gasteiger partial charge in [0.25, 0.3) is 0 Å². The van der Waals surface area contributed by atoms with Gasteiger partial charge in [0.2, 0.25) is 0 Å². The number of hydrogen-bond acceptors (Lipinski definition) is 3. The molecule has 0 aliphatic carbocycles. The molecule has 2 saturated heterocycles. The van der Waals surface area contributed by atoms with Crippen LogP contribution in [0.1, 0.15) is 25.7 Å². The summed E-state index contributed by atoms with van der Waals surface area (Å²) < 4.78 is 5.74. The normalized spacial score (nSPS) is 27.8. The summed E-state index contributed by atoms with van der Waals surface area (Å²) in [5, 5.41) is 8.69. The minimum Gasteiger partial charge on any atom is -0.378 e. The van der Waals surface area contributed by atoms with Gasteiger partial charge in [0.15, 0.2) is 0 Å². The van der Waals surface area contributed by atoms with Crippen molar-refractivity contribution in [2.45, 2.75) is 31.8 Å². The van der Waals surface area contributed by atoms with Gasteiger partial charge in [-0.05, 0) is 44.7 Å². The zero-order chi connectivity index (χ0) is 11.4. The van der Waals surface area contributed by atoms with Gasteiger partial charge in [0, 0.05) is 18.7 Å². The highest BCUT2D eigenvalue weighted by Crippen LogP contribution is 2.28. The van der Waals surface area contributed by atoms with Crippen molar-refractivity contribution < 1.29 is 4.74 Å². The molecule has 1 unspecified atom stereocenters. The van der Waals surface area contributed by atoms with Crippen molar-refractivity contribution in [2.75, 3.05) is 26.2 Å². The predicted molar refractivity (Wildman–Crippen MR) is 62.9 cm³/mol. The molecule has 2 aliphatic rings. The SMILES string of the molecule is C=C(C#N)CN1CCC(C2CCCO2)CC1. The summed E-state index contributed by atoms with van der Waals surface area (Å²) in [6, 6.07) is 2.12. The number of nitrogens with zero attached hydrogens (tertiary/aromatic N) is 2. The number of piperidine rings is 1. The maximum Gasteiger partial charge on any atom is 0.0954 e. The quantitative estimate of drug-likeness (QED) is 0.682. The summed E-state index contributed by atoms with van der Waals surface area (Å²) in [7, 11) is 0. The Balaban J connectivity index is 1.74. The predicted octanol–water partition coefficient (Wildman–Crippen LogP) is 1.96. The molecule has 3 nitrogen and oxygen atoms in total. The van der Waals surface area contributed by atoms with E-state index in [0.717, 1.165) is 32.2 Å². The average molecular weight is 220 g/mol. The molecular weight excluding hydrogens is 200 g/mol. The third kappa shape index (κ3) is 2.84. The Hall–Kier alpha value is -0.850. The molecule has 2 fully saturated rings. The van der Waals surface area contributed by atoms with Crippen LogP contribution in [0.2, 0.25) is 0 Å². The first kappa shape index (κ1) is 11.6. The van der Waals surface area contributed by atoms with Crippen molar-refractivity contribution >= 4 is 0 Å². The number of ether oxygens (including phenoxy) is 1. The monoisotopic (exact) mass is 220 g/mol. The van der Waals surface area contributed by atoms with Gasteiger partial charge in [-0.1, -0.05) is 6.58 Å². The zero-order valence-corrected chi connectivity index (χ0v) is 9.82. The molecule has 0 amide bonds. The highest BCUT2D eigenvalue weighted by atomic mass is 16.5. The van der Waals surface area contributed by atoms with Crippen molar-refractivity contribution in [3.8, 4) is 6.07 Å². The van der Waals surface area contributed by atoms with E-state index in [4.69, 9.17) is 10.00 Å². The fourth-order valence-corrected chi connectivity index (χ4v) is 2.76. The van der Waals surface area contributed by atoms with Crippen LogP contribution >= 0.6 is 0 Å². The molecular formula is C13H20N2O. The molecule has 0 aromatic heterocycles. The molecule has 2 aliphatic heterocycles. The third-order valence-corrected chi connectivity index (χ3v) is 3.70. The van der Waals surface area contributed by atoms with Crippen molar-refractivity contribution in [1.82, 2.24) is 4.90 Å². The molecule has 0 aromatic rings. The van der Waals surface area contributed by atoms with E-state index in [-0.39, 0.29) is 0 Å². The lowest BCUT2D eigenvalue weighted by atomic mass is 9.90. The van der Waals surface area contributed by atoms with Gasteiger partial charge < -0.3 is 4.74 Å². The highest BCUT2D eigenvalue weighted by molar-refractivity contribution is 5.17. The maximum absolute atomic E-state index is 8.69. The zero-order valence-electron chi connectivity index (χ0n) is 9.82. The Morgan fingerprint density at radius 1 is 1.38 bits per heavy atom. The third-order valence-electron chi connectivity index (χ3n) is 3.70. The van der Waals surface area contributed by atoms with Crippen LogP contribution in [0, 0.1) is 17.2 Å². The summed E-state index contributed by atoms with van der Waals surface area (Å²) in [5.74, 6) is 0.745. The molecule has 3 heteroatoms. The largest absolute Gasteiger partial charge is 0.378 e. The van der Waals surface area contributed by atoms with E-state index >= 15 is 0 Å². The van der Waals surface area contributed by atoms with Crippen LogP contribution < -0.4 is 0 Å². The highest BCUT2D eigenvalue weighted by Gasteiger charge is 2.29. The van der Waals surface area contributed by atoms with Crippen LogP contribution in [-0.2, 0) is 4.74 Å². The average Bonchev–Trinajstić information content (AvgIpc) is 2.83. The van der Waals surface area contributed by atoms with Crippen LogP contribution in [0.4, 0.5) is 0 Å². The summed E-state index contributed by atoms with van der Waals surface area (Å²) >= 11 is 0. The second kappa shape index (κ2) is 5.47. The van der Waals surface area contributed by atoms with Gasteiger partial charge in [-0.25, -0.2) is 0 Å². The molecule has 2 rings (SSSR count). The van der Waals surface area contributed by atoms with E-state index in [9.17, 15) is 0 Å². The lowest BCUT2D eigenvalue weighted by molar-refractivity contribution is 0.0335. The van der Waals surface area contributed by atoms with Gasteiger partial charge in [0.1, 0.15) is 0 Å². The second-order valence-corrected chi connectivity index (χ2v) is 4.88. The van der Waals surface area contributed by atoms with Crippen LogP contribution in [0.5, 0.6) is 0 Å². The van der Waals surface area contributed by atoms with E-state index < -0.39 is 0 Å². The lowest BCUT2D eigenvalue weighted by Crippen LogP contribution is -2.38. The molecule has 1 atom stereocenters. The Morgan fingerprint density at radius 2 is 2.12 bits per heavy atom. The van der Waals surface area contributed by atoms with Crippen LogP contribution in [0.25, 0.3) is 0 Å². The fraction of sp³-hybridized carbons (Fsp3) is 0.769. The molecule has 2 heterocycles. The molecule has 0 aromatic carbocycles. The summed E-state index contributed by atoms with van der Waals surface area (Å²) in [6.07, 6.45) is 5.42. The number of rotatable bonds is 3. The Labute approximate surface area is 97.7 Å². The Kier molecular flexibility index (Phi) is 3.98. The van der Waals surface area contributed by atoms with E-state index in [1.54, 1.807) is 0 Å². The first-order valence-corrected chi connectivity index (χ1v) is 6.21. The lowest BCUT2D eigenvalue weighted by Gasteiger charge is -2.34. The van der Waals surface area contributed by atoms with Crippen LogP contribution in [0.3, 0.4) is 0 Å². The standard InChI is InChI=1S/C13H20N2O/c1-11(9-14)10-15-6-4-12(5-7-15)13-3-2-8-16-13/h12-13H,1-8,10H2. The molecule has 0 bridgehead atoms. The van der Waals surface area contributed by atoms with Gasteiger partial charge in [0.05, 0.1) is 12.2 Å². The molecule has 0 spiro atoms. The van der Waals surface area contributed by atoms with Crippen LogP contribution in [0.15, 0.2) is 12.2 Å². The van der Waals surface area contributed by atoms with E-state index in [1.807, 2.05) is 0 Å². The number of likely N-dealkylation sites (tertiary alicyclic amines) is 1. The summed E-state index contributed by atoms with van der Waals surface area (Å²) in [6.45, 7) is 7.61. The van der Waals surface area contributed by atoms with Gasteiger partial charge in [-0.2, -0.15) is 5.26 Å². The Bertz CT molecular complexity index is 281. The number of nitriles is 1. The van der Waals surface area contributed by atoms with Crippen LogP contribution in [-0.4, -0.2) is 37.2 Å². The van der Waals surface area contributed by atoms with Crippen molar-refractivity contribution in [3.05, 3.63) is 12.2 Å². The minimum atomic E-state index is 0.515. The summed E-state index contributed by atoms with van der Waals surface area (Å²) in [4.78, 5) is 2.33. The smallest absolute Gasteiger partial charge is 0.0954 e. The molecule has 88 valence electrons. The first-order valence-electron chi connectivity index (χ1n) is 6.21. The molecule has 0 N–H and O–H groups in total. The first-order chi connectivity index (χ1) is 7.79. The Morgan fingerprint density at radius 3 is 2.69 bits per heavy atom. The second-order valence-electron chi connectivity index (χ2n) is 4.88. The maximum atomic E-state index is 8.69. The molecule has 0 radical (unpaired) electrons. The van der Waals surface area contributed by atoms with Crippen molar-refractivity contribution in [2.24, 2.45) is 5.92 Å². The molecule has 16 heavy (non-hydrogen) atoms. The molecule has 0 saturated carbocycles. The topological polar surface area (TPSA) is 36.3 Å². The van der Waals surface area contributed by atoms with Gasteiger partial charge in [-0.15, -0.1) is 0 Å². The fourth-order valence-electron chi connectivity index (χ4n) is 2.76. The van der Waals surface area contributed by atoms with E-state index in [0.29, 0.717) is 11.7 Å². The van der Waals surface area contributed by atoms with Gasteiger partial charge >= 0.3 is 0 Å².